The quantitative estimate of drug-likeness (QED) is 0.685. The third-order valence-electron chi connectivity index (χ3n) is 6.48. The summed E-state index contributed by atoms with van der Waals surface area (Å²) in [5.41, 5.74) is 0. The summed E-state index contributed by atoms with van der Waals surface area (Å²) in [5.74, 6) is 3.42. The Morgan fingerprint density at radius 1 is 1.00 bits per heavy atom. The predicted molar refractivity (Wildman–Crippen MR) is 127 cm³/mol. The maximum atomic E-state index is 5.68. The molecule has 0 radical (unpaired) electrons. The van der Waals surface area contributed by atoms with Crippen LogP contribution in [0.1, 0.15) is 58.3 Å². The van der Waals surface area contributed by atoms with Crippen molar-refractivity contribution in [3.05, 3.63) is 6.07 Å². The largest absolute Gasteiger partial charge is 0.376 e. The van der Waals surface area contributed by atoms with Gasteiger partial charge in [-0.2, -0.15) is 9.97 Å². The lowest BCUT2D eigenvalue weighted by Gasteiger charge is -2.32. The predicted octanol–water partition coefficient (Wildman–Crippen LogP) is 3.56. The van der Waals surface area contributed by atoms with E-state index >= 15 is 0 Å². The first-order valence-corrected chi connectivity index (χ1v) is 12.1. The van der Waals surface area contributed by atoms with Crippen molar-refractivity contribution in [3.8, 4) is 0 Å². The van der Waals surface area contributed by atoms with Gasteiger partial charge in [0.2, 0.25) is 5.95 Å². The number of nitrogens with zero attached hydrogens (tertiary/aromatic N) is 4. The molecule has 0 aliphatic carbocycles. The van der Waals surface area contributed by atoms with Gasteiger partial charge in [-0.15, -0.1) is 0 Å². The second-order valence-corrected chi connectivity index (χ2v) is 9.36. The van der Waals surface area contributed by atoms with Crippen molar-refractivity contribution in [1.82, 2.24) is 15.3 Å². The molecule has 4 rings (SSSR count). The van der Waals surface area contributed by atoms with Crippen LogP contribution in [0.15, 0.2) is 6.07 Å². The lowest BCUT2D eigenvalue weighted by atomic mass is 9.99. The van der Waals surface area contributed by atoms with Crippen LogP contribution >= 0.6 is 12.2 Å². The zero-order chi connectivity index (χ0) is 20.8. The van der Waals surface area contributed by atoms with Gasteiger partial charge in [-0.05, 0) is 56.7 Å². The van der Waals surface area contributed by atoms with Crippen molar-refractivity contribution in [2.45, 2.75) is 64.4 Å². The fourth-order valence-electron chi connectivity index (χ4n) is 4.50. The summed E-state index contributed by atoms with van der Waals surface area (Å²) in [5, 5.41) is 7.08. The number of hydrogen-bond donors (Lipinski definition) is 2. The van der Waals surface area contributed by atoms with E-state index in [9.17, 15) is 0 Å². The van der Waals surface area contributed by atoms with Crippen LogP contribution in [-0.4, -0.2) is 60.5 Å². The minimum absolute atomic E-state index is 0.250. The molecule has 1 atom stereocenters. The number of anilines is 3. The van der Waals surface area contributed by atoms with E-state index in [-0.39, 0.29) is 6.10 Å². The minimum atomic E-state index is 0.250. The molecule has 4 heterocycles. The molecule has 0 unspecified atom stereocenters. The van der Waals surface area contributed by atoms with E-state index in [0.29, 0.717) is 11.1 Å². The molecule has 8 heteroatoms. The van der Waals surface area contributed by atoms with E-state index in [1.807, 2.05) is 0 Å². The molecule has 0 amide bonds. The molecule has 30 heavy (non-hydrogen) atoms. The van der Waals surface area contributed by atoms with E-state index in [4.69, 9.17) is 26.9 Å². The number of thiocarbonyl (C=S) groups is 1. The van der Waals surface area contributed by atoms with Gasteiger partial charge in [-0.1, -0.05) is 19.8 Å². The molecular formula is C22H36N6OS. The number of hydrogen-bond acceptors (Lipinski definition) is 6. The van der Waals surface area contributed by atoms with Crippen LogP contribution in [0.4, 0.5) is 17.6 Å². The number of ether oxygens (including phenoxy) is 1. The lowest BCUT2D eigenvalue weighted by molar-refractivity contribution is 0.114. The molecule has 0 saturated carbocycles. The summed E-state index contributed by atoms with van der Waals surface area (Å²) in [6.45, 7) is 8.16. The van der Waals surface area contributed by atoms with E-state index in [0.717, 1.165) is 69.7 Å². The normalized spacial score (nSPS) is 23.3. The standard InChI is InChI=1S/C22H36N6OS/c1-17-8-12-28(13-9-17)20-15-19(27-10-4-2-3-5-11-27)24-21(25-20)26-22(30)23-16-18-7-6-14-29-18/h15,17-18H,2-14,16H2,1H3,(H2,23,24,25,26,30)/t18-/m1/s1. The number of aromatic nitrogens is 2. The Morgan fingerprint density at radius 3 is 2.30 bits per heavy atom. The van der Waals surface area contributed by atoms with Crippen molar-refractivity contribution in [1.29, 1.82) is 0 Å². The Morgan fingerprint density at radius 2 is 1.67 bits per heavy atom. The highest BCUT2D eigenvalue weighted by Gasteiger charge is 2.21. The minimum Gasteiger partial charge on any atom is -0.376 e. The van der Waals surface area contributed by atoms with Crippen molar-refractivity contribution < 1.29 is 4.74 Å². The van der Waals surface area contributed by atoms with E-state index in [2.05, 4.69) is 33.4 Å². The van der Waals surface area contributed by atoms with Gasteiger partial charge in [0.25, 0.3) is 0 Å². The van der Waals surface area contributed by atoms with Gasteiger partial charge in [0.05, 0.1) is 6.10 Å². The van der Waals surface area contributed by atoms with Crippen LogP contribution < -0.4 is 20.4 Å². The summed E-state index contributed by atoms with van der Waals surface area (Å²) in [6, 6.07) is 2.18. The molecule has 1 aromatic rings. The maximum Gasteiger partial charge on any atom is 0.232 e. The van der Waals surface area contributed by atoms with Crippen molar-refractivity contribution in [3.63, 3.8) is 0 Å². The highest BCUT2D eigenvalue weighted by atomic mass is 32.1. The SMILES string of the molecule is CC1CCN(c2cc(N3CCCCCC3)nc(NC(=S)NC[C@H]3CCCO3)n2)CC1. The summed E-state index contributed by atoms with van der Waals surface area (Å²) in [6.07, 6.45) is 9.97. The fourth-order valence-corrected chi connectivity index (χ4v) is 4.67. The highest BCUT2D eigenvalue weighted by Crippen LogP contribution is 2.27. The van der Waals surface area contributed by atoms with Crippen molar-refractivity contribution >= 4 is 34.9 Å². The van der Waals surface area contributed by atoms with Crippen LogP contribution in [0.5, 0.6) is 0 Å². The lowest BCUT2D eigenvalue weighted by Crippen LogP contribution is -2.36. The summed E-state index contributed by atoms with van der Waals surface area (Å²) >= 11 is 5.52. The molecule has 1 aromatic heterocycles. The van der Waals surface area contributed by atoms with Gasteiger partial charge in [0.1, 0.15) is 11.6 Å². The van der Waals surface area contributed by atoms with Crippen LogP contribution in [0.25, 0.3) is 0 Å². The molecule has 0 aromatic carbocycles. The molecule has 3 saturated heterocycles. The van der Waals surface area contributed by atoms with Crippen LogP contribution in [0.3, 0.4) is 0 Å². The number of rotatable bonds is 5. The first-order chi connectivity index (χ1) is 14.7. The van der Waals surface area contributed by atoms with Crippen LogP contribution in [-0.2, 0) is 4.74 Å². The zero-order valence-corrected chi connectivity index (χ0v) is 19.1. The topological polar surface area (TPSA) is 65.5 Å². The van der Waals surface area contributed by atoms with Gasteiger partial charge in [0, 0.05) is 45.4 Å². The Kier molecular flexibility index (Phi) is 7.60. The van der Waals surface area contributed by atoms with E-state index in [1.165, 1.54) is 38.5 Å². The average Bonchev–Trinajstić information content (AvgIpc) is 3.13. The number of piperidine rings is 1. The second kappa shape index (κ2) is 10.6. The van der Waals surface area contributed by atoms with Crippen molar-refractivity contribution in [2.75, 3.05) is 54.4 Å². The average molecular weight is 433 g/mol. The molecule has 2 N–H and O–H groups in total. The first kappa shape index (κ1) is 21.6. The molecule has 166 valence electrons. The second-order valence-electron chi connectivity index (χ2n) is 8.95. The molecular weight excluding hydrogens is 396 g/mol. The third kappa shape index (κ3) is 5.94. The Balaban J connectivity index is 1.47. The van der Waals surface area contributed by atoms with Gasteiger partial charge < -0.3 is 25.2 Å². The molecule has 0 spiro atoms. The van der Waals surface area contributed by atoms with Crippen LogP contribution in [0, 0.1) is 5.92 Å². The van der Waals surface area contributed by atoms with Gasteiger partial charge in [-0.3, -0.25) is 0 Å². The summed E-state index contributed by atoms with van der Waals surface area (Å²) in [7, 11) is 0. The first-order valence-electron chi connectivity index (χ1n) is 11.7. The molecule has 3 aliphatic heterocycles. The van der Waals surface area contributed by atoms with E-state index in [1.54, 1.807) is 0 Å². The van der Waals surface area contributed by atoms with Gasteiger partial charge in [-0.25, -0.2) is 0 Å². The Labute approximate surface area is 186 Å². The molecule has 7 nitrogen and oxygen atoms in total. The smallest absolute Gasteiger partial charge is 0.232 e. The number of nitrogens with one attached hydrogen (secondary N) is 2. The summed E-state index contributed by atoms with van der Waals surface area (Å²) < 4.78 is 5.68. The molecule has 3 aliphatic rings. The Bertz CT molecular complexity index is 695. The third-order valence-corrected chi connectivity index (χ3v) is 6.72. The summed E-state index contributed by atoms with van der Waals surface area (Å²) in [4.78, 5) is 14.5. The van der Waals surface area contributed by atoms with E-state index < -0.39 is 0 Å². The maximum absolute atomic E-state index is 5.68. The Hall–Kier alpha value is -1.67. The van der Waals surface area contributed by atoms with Crippen LogP contribution in [0.2, 0.25) is 0 Å². The molecule has 0 bridgehead atoms. The van der Waals surface area contributed by atoms with Gasteiger partial charge in [0.15, 0.2) is 5.11 Å². The molecule has 3 fully saturated rings. The fraction of sp³-hybridized carbons (Fsp3) is 0.773. The zero-order valence-electron chi connectivity index (χ0n) is 18.2. The van der Waals surface area contributed by atoms with Gasteiger partial charge >= 0.3 is 0 Å². The highest BCUT2D eigenvalue weighted by molar-refractivity contribution is 7.80. The monoisotopic (exact) mass is 432 g/mol. The van der Waals surface area contributed by atoms with Crippen molar-refractivity contribution in [2.24, 2.45) is 5.92 Å².